The summed E-state index contributed by atoms with van der Waals surface area (Å²) in [6, 6.07) is 5.70. The molecule has 0 saturated carbocycles. The topological polar surface area (TPSA) is 67.4 Å². The van der Waals surface area contributed by atoms with E-state index < -0.39 is 16.6 Å². The van der Waals surface area contributed by atoms with Gasteiger partial charge in [0.25, 0.3) is 0 Å². The lowest BCUT2D eigenvalue weighted by Gasteiger charge is -2.13. The van der Waals surface area contributed by atoms with Gasteiger partial charge in [0.2, 0.25) is 10.0 Å². The van der Waals surface area contributed by atoms with E-state index in [1.807, 2.05) is 6.92 Å². The smallest absolute Gasteiger partial charge is 0.387 e. The number of anilines is 1. The zero-order valence-electron chi connectivity index (χ0n) is 11.8. The number of para-hydroxylation sites is 2. The molecule has 5 nitrogen and oxygen atoms in total. The van der Waals surface area contributed by atoms with Crippen LogP contribution in [0.3, 0.4) is 0 Å². The average molecular weight is 322 g/mol. The molecule has 0 aromatic heterocycles. The molecule has 0 saturated heterocycles. The van der Waals surface area contributed by atoms with Crippen LogP contribution in [0.1, 0.15) is 19.8 Å². The number of benzene rings is 1. The monoisotopic (exact) mass is 322 g/mol. The molecule has 1 aromatic rings. The van der Waals surface area contributed by atoms with Gasteiger partial charge in [0.1, 0.15) is 5.75 Å². The van der Waals surface area contributed by atoms with Crippen LogP contribution in [-0.2, 0) is 10.0 Å². The first kappa shape index (κ1) is 17.6. The summed E-state index contributed by atoms with van der Waals surface area (Å²) in [5, 5.41) is 3.09. The molecular weight excluding hydrogens is 302 g/mol. The molecule has 0 aliphatic heterocycles. The molecule has 21 heavy (non-hydrogen) atoms. The van der Waals surface area contributed by atoms with Gasteiger partial charge in [-0.05, 0) is 38.1 Å². The number of ether oxygens (including phenoxy) is 1. The highest BCUT2D eigenvalue weighted by Crippen LogP contribution is 2.26. The van der Waals surface area contributed by atoms with Crippen LogP contribution in [-0.4, -0.2) is 33.9 Å². The maximum atomic E-state index is 12.2. The minimum absolute atomic E-state index is 0.0133. The summed E-state index contributed by atoms with van der Waals surface area (Å²) in [6.45, 7) is 0.433. The van der Waals surface area contributed by atoms with E-state index in [2.05, 4.69) is 14.8 Å². The predicted molar refractivity (Wildman–Crippen MR) is 78.3 cm³/mol. The molecule has 0 fully saturated rings. The fraction of sp³-hybridized carbons (Fsp3) is 0.538. The Kier molecular flexibility index (Phi) is 7.38. The van der Waals surface area contributed by atoms with Crippen LogP contribution in [0.2, 0.25) is 0 Å². The Morgan fingerprint density at radius 1 is 1.24 bits per heavy atom. The molecule has 0 atom stereocenters. The molecule has 0 radical (unpaired) electrons. The second kappa shape index (κ2) is 8.78. The average Bonchev–Trinajstić information content (AvgIpc) is 2.40. The van der Waals surface area contributed by atoms with E-state index in [-0.39, 0.29) is 17.2 Å². The minimum atomic E-state index is -3.60. The first-order valence-corrected chi connectivity index (χ1v) is 8.35. The summed E-state index contributed by atoms with van der Waals surface area (Å²) in [6.07, 6.45) is 1.41. The van der Waals surface area contributed by atoms with Crippen molar-refractivity contribution in [1.82, 2.24) is 5.32 Å². The van der Waals surface area contributed by atoms with E-state index in [0.29, 0.717) is 13.0 Å². The number of rotatable bonds is 10. The van der Waals surface area contributed by atoms with Crippen molar-refractivity contribution >= 4 is 15.7 Å². The van der Waals surface area contributed by atoms with E-state index in [0.717, 1.165) is 13.0 Å². The van der Waals surface area contributed by atoms with Crippen LogP contribution in [0.5, 0.6) is 5.75 Å². The van der Waals surface area contributed by atoms with E-state index in [9.17, 15) is 17.2 Å². The zero-order chi connectivity index (χ0) is 15.7. The van der Waals surface area contributed by atoms with Gasteiger partial charge in [0.15, 0.2) is 0 Å². The van der Waals surface area contributed by atoms with Gasteiger partial charge in [0.05, 0.1) is 11.4 Å². The van der Waals surface area contributed by atoms with E-state index in [4.69, 9.17) is 0 Å². The molecule has 0 aliphatic carbocycles. The van der Waals surface area contributed by atoms with Crippen LogP contribution in [0.15, 0.2) is 24.3 Å². The molecule has 0 spiro atoms. The summed E-state index contributed by atoms with van der Waals surface area (Å²) in [4.78, 5) is 0. The predicted octanol–water partition coefficient (Wildman–Crippen LogP) is 2.42. The van der Waals surface area contributed by atoms with Crippen molar-refractivity contribution in [3.8, 4) is 5.75 Å². The molecule has 1 rings (SSSR count). The molecule has 2 N–H and O–H groups in total. The summed E-state index contributed by atoms with van der Waals surface area (Å²) >= 11 is 0. The lowest BCUT2D eigenvalue weighted by molar-refractivity contribution is -0.0493. The Morgan fingerprint density at radius 2 is 1.95 bits per heavy atom. The molecule has 1 aromatic carbocycles. The van der Waals surface area contributed by atoms with Gasteiger partial charge >= 0.3 is 6.61 Å². The Labute approximate surface area is 123 Å². The van der Waals surface area contributed by atoms with Crippen molar-refractivity contribution in [2.45, 2.75) is 26.4 Å². The van der Waals surface area contributed by atoms with Crippen molar-refractivity contribution in [3.63, 3.8) is 0 Å². The molecule has 0 amide bonds. The van der Waals surface area contributed by atoms with Crippen LogP contribution in [0, 0.1) is 0 Å². The van der Waals surface area contributed by atoms with Crippen LogP contribution < -0.4 is 14.8 Å². The second-order valence-electron chi connectivity index (χ2n) is 4.40. The Bertz CT molecular complexity index is 524. The molecule has 8 heteroatoms. The van der Waals surface area contributed by atoms with E-state index >= 15 is 0 Å². The minimum Gasteiger partial charge on any atom is -0.433 e. The fourth-order valence-corrected chi connectivity index (χ4v) is 2.79. The molecule has 0 aliphatic rings. The van der Waals surface area contributed by atoms with Crippen LogP contribution >= 0.6 is 0 Å². The van der Waals surface area contributed by atoms with Crippen molar-refractivity contribution < 1.29 is 21.9 Å². The van der Waals surface area contributed by atoms with Gasteiger partial charge in [-0.1, -0.05) is 19.1 Å². The summed E-state index contributed by atoms with van der Waals surface area (Å²) < 4.78 is 54.8. The number of sulfonamides is 1. The summed E-state index contributed by atoms with van der Waals surface area (Å²) in [7, 11) is -3.60. The zero-order valence-corrected chi connectivity index (χ0v) is 12.6. The molecule has 120 valence electrons. The number of hydrogen-bond donors (Lipinski definition) is 2. The van der Waals surface area contributed by atoms with Gasteiger partial charge in [-0.15, -0.1) is 0 Å². The van der Waals surface area contributed by atoms with Gasteiger partial charge in [-0.25, -0.2) is 8.42 Å². The molecular formula is C13H20F2N2O3S. The molecule has 0 heterocycles. The number of nitrogens with one attached hydrogen (secondary N) is 2. The second-order valence-corrected chi connectivity index (χ2v) is 6.24. The Morgan fingerprint density at radius 3 is 2.62 bits per heavy atom. The third-order valence-electron chi connectivity index (χ3n) is 2.56. The highest BCUT2D eigenvalue weighted by Gasteiger charge is 2.15. The maximum absolute atomic E-state index is 12.2. The van der Waals surface area contributed by atoms with Gasteiger partial charge in [0, 0.05) is 0 Å². The maximum Gasteiger partial charge on any atom is 0.387 e. The third-order valence-corrected chi connectivity index (χ3v) is 3.92. The van der Waals surface area contributed by atoms with Gasteiger partial charge < -0.3 is 10.1 Å². The number of alkyl halides is 2. The van der Waals surface area contributed by atoms with Crippen molar-refractivity contribution in [2.75, 3.05) is 23.6 Å². The largest absolute Gasteiger partial charge is 0.433 e. The lowest BCUT2D eigenvalue weighted by atomic mass is 10.3. The first-order valence-electron chi connectivity index (χ1n) is 6.69. The highest BCUT2D eigenvalue weighted by atomic mass is 32.2. The molecule has 0 unspecified atom stereocenters. The molecule has 0 bridgehead atoms. The third kappa shape index (κ3) is 7.24. The Balaban J connectivity index is 2.58. The Hall–Kier alpha value is -1.41. The van der Waals surface area contributed by atoms with Crippen molar-refractivity contribution in [3.05, 3.63) is 24.3 Å². The van der Waals surface area contributed by atoms with Crippen LogP contribution in [0.25, 0.3) is 0 Å². The van der Waals surface area contributed by atoms with E-state index in [1.165, 1.54) is 18.2 Å². The van der Waals surface area contributed by atoms with Crippen molar-refractivity contribution in [2.24, 2.45) is 0 Å². The van der Waals surface area contributed by atoms with Crippen molar-refractivity contribution in [1.29, 1.82) is 0 Å². The first-order chi connectivity index (χ1) is 9.94. The normalized spacial score (nSPS) is 11.6. The quantitative estimate of drug-likeness (QED) is 0.649. The standard InChI is InChI=1S/C13H20F2N2O3S/c1-2-8-16-9-5-10-21(18,19)17-11-6-3-4-7-12(11)20-13(14)15/h3-4,6-7,13,16-17H,2,5,8-10H2,1H3. The lowest BCUT2D eigenvalue weighted by Crippen LogP contribution is -2.22. The highest BCUT2D eigenvalue weighted by molar-refractivity contribution is 7.92. The van der Waals surface area contributed by atoms with E-state index in [1.54, 1.807) is 6.07 Å². The SMILES string of the molecule is CCCNCCCS(=O)(=O)Nc1ccccc1OC(F)F. The number of hydrogen-bond acceptors (Lipinski definition) is 4. The van der Waals surface area contributed by atoms with Gasteiger partial charge in [-0.2, -0.15) is 8.78 Å². The van der Waals surface area contributed by atoms with Crippen LogP contribution in [0.4, 0.5) is 14.5 Å². The summed E-state index contributed by atoms with van der Waals surface area (Å²) in [5.41, 5.74) is 0.0133. The summed E-state index contributed by atoms with van der Waals surface area (Å²) in [5.74, 6) is -0.285. The fourth-order valence-electron chi connectivity index (χ4n) is 1.66. The van der Waals surface area contributed by atoms with Gasteiger partial charge in [-0.3, -0.25) is 4.72 Å². The number of halogens is 2.